The van der Waals surface area contributed by atoms with Crippen LogP contribution in [0.2, 0.25) is 0 Å². The Morgan fingerprint density at radius 3 is 2.65 bits per heavy atom. The summed E-state index contributed by atoms with van der Waals surface area (Å²) in [6.07, 6.45) is 2.29. The number of carbonyl (C=O) groups is 1. The third-order valence-electron chi connectivity index (χ3n) is 2.61. The molecule has 0 saturated carbocycles. The summed E-state index contributed by atoms with van der Waals surface area (Å²) in [7, 11) is 0. The first-order valence-corrected chi connectivity index (χ1v) is 5.94. The lowest BCUT2D eigenvalue weighted by Gasteiger charge is -2.10. The van der Waals surface area contributed by atoms with Crippen molar-refractivity contribution < 1.29 is 4.79 Å². The molecule has 1 aromatic carbocycles. The van der Waals surface area contributed by atoms with Gasteiger partial charge < -0.3 is 16.8 Å². The van der Waals surface area contributed by atoms with Gasteiger partial charge in [0.25, 0.3) is 0 Å². The van der Waals surface area contributed by atoms with Crippen LogP contribution in [-0.2, 0) is 0 Å². The van der Waals surface area contributed by atoms with Gasteiger partial charge in [0.15, 0.2) is 0 Å². The van der Waals surface area contributed by atoms with E-state index in [2.05, 4.69) is 19.2 Å². The van der Waals surface area contributed by atoms with E-state index >= 15 is 0 Å². The molecule has 1 amide bonds. The third kappa shape index (κ3) is 4.34. The SMILES string of the molecule is CC(C)CCCNc1ccc(C(N)=O)cc1N. The van der Waals surface area contributed by atoms with E-state index in [1.54, 1.807) is 18.2 Å². The van der Waals surface area contributed by atoms with Crippen molar-refractivity contribution in [2.75, 3.05) is 17.6 Å². The number of primary amides is 1. The molecule has 4 heteroatoms. The topological polar surface area (TPSA) is 81.1 Å². The molecule has 1 aromatic rings. The number of rotatable bonds is 6. The second-order valence-electron chi connectivity index (χ2n) is 4.63. The summed E-state index contributed by atoms with van der Waals surface area (Å²) in [5.74, 6) is 0.259. The Labute approximate surface area is 102 Å². The van der Waals surface area contributed by atoms with Gasteiger partial charge in [0.05, 0.1) is 11.4 Å². The lowest BCUT2D eigenvalue weighted by Crippen LogP contribution is -2.12. The molecule has 0 unspecified atom stereocenters. The molecule has 0 aliphatic heterocycles. The van der Waals surface area contributed by atoms with Crippen LogP contribution in [0.25, 0.3) is 0 Å². The lowest BCUT2D eigenvalue weighted by atomic mass is 10.1. The van der Waals surface area contributed by atoms with E-state index < -0.39 is 5.91 Å². The second kappa shape index (κ2) is 6.13. The molecule has 0 heterocycles. The van der Waals surface area contributed by atoms with E-state index in [1.807, 2.05) is 0 Å². The third-order valence-corrected chi connectivity index (χ3v) is 2.61. The van der Waals surface area contributed by atoms with E-state index in [1.165, 1.54) is 6.42 Å². The fourth-order valence-electron chi connectivity index (χ4n) is 1.61. The minimum absolute atomic E-state index is 0.440. The Balaban J connectivity index is 2.52. The zero-order valence-electron chi connectivity index (χ0n) is 10.5. The van der Waals surface area contributed by atoms with Crippen molar-refractivity contribution in [3.8, 4) is 0 Å². The van der Waals surface area contributed by atoms with Crippen molar-refractivity contribution >= 4 is 17.3 Å². The van der Waals surface area contributed by atoms with E-state index in [0.717, 1.165) is 18.7 Å². The maximum Gasteiger partial charge on any atom is 0.248 e. The smallest absolute Gasteiger partial charge is 0.248 e. The van der Waals surface area contributed by atoms with Crippen LogP contribution in [0.1, 0.15) is 37.0 Å². The minimum Gasteiger partial charge on any atom is -0.397 e. The van der Waals surface area contributed by atoms with Crippen LogP contribution < -0.4 is 16.8 Å². The Bertz CT molecular complexity index is 388. The van der Waals surface area contributed by atoms with Crippen LogP contribution in [0.4, 0.5) is 11.4 Å². The molecule has 5 N–H and O–H groups in total. The number of hydrogen-bond acceptors (Lipinski definition) is 3. The highest BCUT2D eigenvalue weighted by atomic mass is 16.1. The predicted octanol–water partition coefficient (Wildman–Crippen LogP) is 2.22. The molecule has 0 aromatic heterocycles. The van der Waals surface area contributed by atoms with Gasteiger partial charge in [-0.25, -0.2) is 0 Å². The summed E-state index contributed by atoms with van der Waals surface area (Å²) in [6, 6.07) is 5.08. The molecule has 1 rings (SSSR count). The fourth-order valence-corrected chi connectivity index (χ4v) is 1.61. The maximum atomic E-state index is 10.9. The number of hydrogen-bond donors (Lipinski definition) is 3. The van der Waals surface area contributed by atoms with Crippen LogP contribution in [0.15, 0.2) is 18.2 Å². The van der Waals surface area contributed by atoms with Gasteiger partial charge in [-0.3, -0.25) is 4.79 Å². The normalized spacial score (nSPS) is 10.5. The zero-order valence-corrected chi connectivity index (χ0v) is 10.5. The van der Waals surface area contributed by atoms with Gasteiger partial charge in [-0.15, -0.1) is 0 Å². The molecule has 0 aliphatic rings. The Morgan fingerprint density at radius 2 is 2.12 bits per heavy atom. The zero-order chi connectivity index (χ0) is 12.8. The molecule has 17 heavy (non-hydrogen) atoms. The van der Waals surface area contributed by atoms with Gasteiger partial charge in [-0.1, -0.05) is 13.8 Å². The average molecular weight is 235 g/mol. The summed E-state index contributed by atoms with van der Waals surface area (Å²) in [5, 5.41) is 3.26. The van der Waals surface area contributed by atoms with E-state index in [9.17, 15) is 4.79 Å². The number of amides is 1. The van der Waals surface area contributed by atoms with E-state index in [-0.39, 0.29) is 0 Å². The summed E-state index contributed by atoms with van der Waals surface area (Å²) >= 11 is 0. The molecule has 4 nitrogen and oxygen atoms in total. The van der Waals surface area contributed by atoms with Gasteiger partial charge in [0, 0.05) is 12.1 Å². The van der Waals surface area contributed by atoms with Gasteiger partial charge in [-0.2, -0.15) is 0 Å². The van der Waals surface area contributed by atoms with E-state index in [0.29, 0.717) is 17.2 Å². The number of nitrogens with two attached hydrogens (primary N) is 2. The maximum absolute atomic E-state index is 10.9. The number of benzene rings is 1. The first-order valence-electron chi connectivity index (χ1n) is 5.94. The van der Waals surface area contributed by atoms with Gasteiger partial charge >= 0.3 is 0 Å². The Morgan fingerprint density at radius 1 is 1.41 bits per heavy atom. The molecule has 0 bridgehead atoms. The van der Waals surface area contributed by atoms with Crippen LogP contribution in [0, 0.1) is 5.92 Å². The van der Waals surface area contributed by atoms with Crippen molar-refractivity contribution in [2.24, 2.45) is 11.7 Å². The minimum atomic E-state index is -0.456. The standard InChI is InChI=1S/C13H21N3O/c1-9(2)4-3-7-16-12-6-5-10(13(15)17)8-11(12)14/h5-6,8-9,16H,3-4,7,14H2,1-2H3,(H2,15,17). The molecular formula is C13H21N3O. The van der Waals surface area contributed by atoms with Crippen molar-refractivity contribution in [1.82, 2.24) is 0 Å². The molecule has 0 atom stereocenters. The van der Waals surface area contributed by atoms with E-state index in [4.69, 9.17) is 11.5 Å². The van der Waals surface area contributed by atoms with Crippen molar-refractivity contribution in [3.05, 3.63) is 23.8 Å². The Kier molecular flexibility index (Phi) is 4.82. The number of nitrogen functional groups attached to an aromatic ring is 1. The van der Waals surface area contributed by atoms with Crippen LogP contribution >= 0.6 is 0 Å². The van der Waals surface area contributed by atoms with Crippen LogP contribution in [0.5, 0.6) is 0 Å². The molecule has 0 radical (unpaired) electrons. The Hall–Kier alpha value is -1.71. The highest BCUT2D eigenvalue weighted by Gasteiger charge is 2.04. The van der Waals surface area contributed by atoms with Crippen molar-refractivity contribution in [3.63, 3.8) is 0 Å². The number of anilines is 2. The van der Waals surface area contributed by atoms with Gasteiger partial charge in [0.2, 0.25) is 5.91 Å². The summed E-state index contributed by atoms with van der Waals surface area (Å²) in [5.41, 5.74) is 12.9. The van der Waals surface area contributed by atoms with Crippen LogP contribution in [0.3, 0.4) is 0 Å². The van der Waals surface area contributed by atoms with Crippen molar-refractivity contribution in [2.45, 2.75) is 26.7 Å². The molecule has 0 saturated heterocycles. The summed E-state index contributed by atoms with van der Waals surface area (Å²) in [6.45, 7) is 5.30. The second-order valence-corrected chi connectivity index (χ2v) is 4.63. The highest BCUT2D eigenvalue weighted by Crippen LogP contribution is 2.19. The number of carbonyl (C=O) groups excluding carboxylic acids is 1. The van der Waals surface area contributed by atoms with Gasteiger partial charge in [-0.05, 0) is 37.0 Å². The quantitative estimate of drug-likeness (QED) is 0.522. The van der Waals surface area contributed by atoms with Crippen LogP contribution in [-0.4, -0.2) is 12.5 Å². The summed E-state index contributed by atoms with van der Waals surface area (Å²) < 4.78 is 0. The lowest BCUT2D eigenvalue weighted by molar-refractivity contribution is 0.100. The average Bonchev–Trinajstić information content (AvgIpc) is 2.25. The predicted molar refractivity (Wildman–Crippen MR) is 71.9 cm³/mol. The summed E-state index contributed by atoms with van der Waals surface area (Å²) in [4.78, 5) is 10.9. The largest absolute Gasteiger partial charge is 0.397 e. The highest BCUT2D eigenvalue weighted by molar-refractivity contribution is 5.94. The van der Waals surface area contributed by atoms with Crippen molar-refractivity contribution in [1.29, 1.82) is 0 Å². The van der Waals surface area contributed by atoms with Gasteiger partial charge in [0.1, 0.15) is 0 Å². The molecule has 0 spiro atoms. The fraction of sp³-hybridized carbons (Fsp3) is 0.462. The number of nitrogens with one attached hydrogen (secondary N) is 1. The molecule has 94 valence electrons. The first-order chi connectivity index (χ1) is 8.00. The molecule has 0 aliphatic carbocycles. The molecular weight excluding hydrogens is 214 g/mol. The molecule has 0 fully saturated rings. The monoisotopic (exact) mass is 235 g/mol. The first kappa shape index (κ1) is 13.4.